The molecule has 0 saturated heterocycles. The second-order valence-electron chi connectivity index (χ2n) is 5.40. The maximum atomic E-state index is 13.5. The first kappa shape index (κ1) is 19.8. The summed E-state index contributed by atoms with van der Waals surface area (Å²) in [5, 5.41) is 4.49. The number of hydrogen-bond acceptors (Lipinski definition) is 4. The summed E-state index contributed by atoms with van der Waals surface area (Å²) in [7, 11) is 0. The highest BCUT2D eigenvalue weighted by Crippen LogP contribution is 2.14. The molecule has 8 heteroatoms. The number of anilines is 1. The van der Waals surface area contributed by atoms with Crippen molar-refractivity contribution >= 4 is 29.5 Å². The molecule has 0 aromatic heterocycles. The fraction of sp³-hybridized carbons (Fsp3) is 0.105. The van der Waals surface area contributed by atoms with Crippen LogP contribution in [0.15, 0.2) is 54.2 Å². The first-order valence-corrected chi connectivity index (χ1v) is 7.81. The van der Waals surface area contributed by atoms with Crippen LogP contribution in [0.2, 0.25) is 0 Å². The first-order chi connectivity index (χ1) is 12.8. The Hall–Kier alpha value is -3.55. The monoisotopic (exact) mass is 374 g/mol. The first-order valence-electron chi connectivity index (χ1n) is 7.81. The van der Waals surface area contributed by atoms with Crippen LogP contribution in [0.5, 0.6) is 0 Å². The number of hydrogen-bond donors (Lipinski definition) is 2. The van der Waals surface area contributed by atoms with E-state index in [2.05, 4.69) is 10.6 Å². The lowest BCUT2D eigenvalue weighted by Crippen LogP contribution is -2.29. The molecule has 140 valence electrons. The molecule has 0 saturated carbocycles. The summed E-state index contributed by atoms with van der Waals surface area (Å²) in [5.41, 5.74) is 0.227. The third kappa shape index (κ3) is 6.35. The minimum Gasteiger partial charge on any atom is -0.451 e. The van der Waals surface area contributed by atoms with Gasteiger partial charge in [0.15, 0.2) is 6.61 Å². The molecular formula is C19H16F2N2O4. The molecule has 2 rings (SSSR count). The molecule has 0 bridgehead atoms. The summed E-state index contributed by atoms with van der Waals surface area (Å²) in [6.45, 7) is 0.498. The molecule has 0 heterocycles. The molecule has 0 fully saturated rings. The summed E-state index contributed by atoms with van der Waals surface area (Å²) in [6, 6.07) is 11.3. The molecule has 0 aliphatic heterocycles. The number of benzene rings is 2. The van der Waals surface area contributed by atoms with Crippen molar-refractivity contribution in [2.45, 2.75) is 6.92 Å². The molecular weight excluding hydrogens is 358 g/mol. The highest BCUT2D eigenvalue weighted by Gasteiger charge is 2.16. The summed E-state index contributed by atoms with van der Waals surface area (Å²) in [6.07, 6.45) is 1.39. The quantitative estimate of drug-likeness (QED) is 0.601. The lowest BCUT2D eigenvalue weighted by molar-refractivity contribution is -0.144. The topological polar surface area (TPSA) is 84.5 Å². The minimum absolute atomic E-state index is 0.158. The fourth-order valence-electron chi connectivity index (χ4n) is 2.04. The van der Waals surface area contributed by atoms with Crippen molar-refractivity contribution in [3.63, 3.8) is 0 Å². The predicted molar refractivity (Wildman–Crippen MR) is 94.2 cm³/mol. The van der Waals surface area contributed by atoms with Gasteiger partial charge in [0, 0.05) is 13.0 Å². The number of nitrogens with one attached hydrogen (secondary N) is 2. The van der Waals surface area contributed by atoms with Crippen molar-refractivity contribution in [2.75, 3.05) is 11.9 Å². The van der Waals surface area contributed by atoms with E-state index < -0.39 is 36.0 Å². The van der Waals surface area contributed by atoms with Gasteiger partial charge in [0.05, 0.1) is 5.69 Å². The zero-order chi connectivity index (χ0) is 19.8. The van der Waals surface area contributed by atoms with Gasteiger partial charge >= 0.3 is 5.97 Å². The van der Waals surface area contributed by atoms with Crippen LogP contribution in [0.3, 0.4) is 0 Å². The van der Waals surface area contributed by atoms with E-state index in [-0.39, 0.29) is 11.4 Å². The van der Waals surface area contributed by atoms with Crippen LogP contribution >= 0.6 is 0 Å². The average Bonchev–Trinajstić information content (AvgIpc) is 2.62. The zero-order valence-corrected chi connectivity index (χ0v) is 14.3. The van der Waals surface area contributed by atoms with Crippen LogP contribution in [0, 0.1) is 11.6 Å². The number of carbonyl (C=O) groups is 3. The number of ether oxygens (including phenoxy) is 1. The van der Waals surface area contributed by atoms with Gasteiger partial charge in [-0.15, -0.1) is 0 Å². The van der Waals surface area contributed by atoms with E-state index >= 15 is 0 Å². The van der Waals surface area contributed by atoms with Gasteiger partial charge in [-0.3, -0.25) is 9.59 Å². The Kier molecular flexibility index (Phi) is 6.76. The summed E-state index contributed by atoms with van der Waals surface area (Å²) in [4.78, 5) is 35.2. The van der Waals surface area contributed by atoms with Gasteiger partial charge < -0.3 is 15.4 Å². The van der Waals surface area contributed by atoms with E-state index in [1.165, 1.54) is 13.0 Å². The van der Waals surface area contributed by atoms with Gasteiger partial charge in [0.25, 0.3) is 5.91 Å². The van der Waals surface area contributed by atoms with Gasteiger partial charge in [-0.25, -0.2) is 13.6 Å². The molecule has 2 aromatic rings. The summed E-state index contributed by atoms with van der Waals surface area (Å²) >= 11 is 0. The van der Waals surface area contributed by atoms with Gasteiger partial charge in [0.1, 0.15) is 17.3 Å². The van der Waals surface area contributed by atoms with E-state index in [9.17, 15) is 23.2 Å². The molecule has 2 aromatic carbocycles. The Morgan fingerprint density at radius 3 is 2.41 bits per heavy atom. The highest BCUT2D eigenvalue weighted by atomic mass is 19.1. The van der Waals surface area contributed by atoms with Gasteiger partial charge in [0.2, 0.25) is 5.91 Å². The van der Waals surface area contributed by atoms with Crippen LogP contribution in [-0.4, -0.2) is 24.4 Å². The number of esters is 1. The summed E-state index contributed by atoms with van der Waals surface area (Å²) in [5.74, 6) is -4.01. The van der Waals surface area contributed by atoms with E-state index in [1.807, 2.05) is 0 Å². The van der Waals surface area contributed by atoms with Crippen LogP contribution in [0.4, 0.5) is 14.5 Å². The van der Waals surface area contributed by atoms with Crippen molar-refractivity contribution in [3.8, 4) is 0 Å². The molecule has 0 aliphatic carbocycles. The third-order valence-electron chi connectivity index (χ3n) is 3.18. The Labute approximate surface area is 153 Å². The maximum absolute atomic E-state index is 13.5. The zero-order valence-electron chi connectivity index (χ0n) is 14.3. The third-order valence-corrected chi connectivity index (χ3v) is 3.18. The molecule has 2 amide bonds. The minimum atomic E-state index is -0.961. The lowest BCUT2D eigenvalue weighted by atomic mass is 10.2. The standard InChI is InChI=1S/C19H16F2N2O4/c1-12(24)22-17(9-13-5-3-2-4-6-13)19(26)27-11-18(25)23-16-8-7-14(20)10-15(16)21/h2-10H,11H2,1H3,(H,22,24)(H,23,25)/b17-9-. The van der Waals surface area contributed by atoms with Crippen molar-refractivity contribution in [1.29, 1.82) is 0 Å². The van der Waals surface area contributed by atoms with E-state index in [0.29, 0.717) is 11.6 Å². The maximum Gasteiger partial charge on any atom is 0.355 e. The van der Waals surface area contributed by atoms with E-state index in [0.717, 1.165) is 12.1 Å². The van der Waals surface area contributed by atoms with Crippen molar-refractivity contribution < 1.29 is 27.9 Å². The lowest BCUT2D eigenvalue weighted by Gasteiger charge is -2.10. The Morgan fingerprint density at radius 2 is 1.78 bits per heavy atom. The average molecular weight is 374 g/mol. The van der Waals surface area contributed by atoms with Crippen molar-refractivity contribution in [1.82, 2.24) is 5.32 Å². The van der Waals surface area contributed by atoms with Gasteiger partial charge in [-0.05, 0) is 23.8 Å². The molecule has 27 heavy (non-hydrogen) atoms. The van der Waals surface area contributed by atoms with Crippen molar-refractivity contribution in [3.05, 3.63) is 71.4 Å². The molecule has 0 radical (unpaired) electrons. The van der Waals surface area contributed by atoms with Crippen LogP contribution in [0.1, 0.15) is 12.5 Å². The molecule has 2 N–H and O–H groups in total. The van der Waals surface area contributed by atoms with Crippen molar-refractivity contribution in [2.24, 2.45) is 0 Å². The van der Waals surface area contributed by atoms with Crippen LogP contribution in [0.25, 0.3) is 6.08 Å². The molecule has 0 spiro atoms. The smallest absolute Gasteiger partial charge is 0.355 e. The number of amides is 2. The van der Waals surface area contributed by atoms with E-state index in [1.54, 1.807) is 30.3 Å². The van der Waals surface area contributed by atoms with Gasteiger partial charge in [-0.1, -0.05) is 30.3 Å². The van der Waals surface area contributed by atoms with Crippen LogP contribution < -0.4 is 10.6 Å². The fourth-order valence-corrected chi connectivity index (χ4v) is 2.04. The molecule has 0 unspecified atom stereocenters. The Bertz CT molecular complexity index is 883. The van der Waals surface area contributed by atoms with E-state index in [4.69, 9.17) is 4.74 Å². The Morgan fingerprint density at radius 1 is 1.07 bits per heavy atom. The second-order valence-corrected chi connectivity index (χ2v) is 5.40. The molecule has 0 aliphatic rings. The van der Waals surface area contributed by atoms with Crippen LogP contribution in [-0.2, 0) is 19.1 Å². The number of halogens is 2. The largest absolute Gasteiger partial charge is 0.451 e. The second kappa shape index (κ2) is 9.23. The summed E-state index contributed by atoms with van der Waals surface area (Å²) < 4.78 is 31.2. The number of rotatable bonds is 6. The van der Waals surface area contributed by atoms with Gasteiger partial charge in [-0.2, -0.15) is 0 Å². The molecule has 6 nitrogen and oxygen atoms in total. The highest BCUT2D eigenvalue weighted by molar-refractivity contribution is 5.99. The normalized spacial score (nSPS) is 10.9. The Balaban J connectivity index is 2.01. The SMILES string of the molecule is CC(=O)N/C(=C\c1ccccc1)C(=O)OCC(=O)Nc1ccc(F)cc1F. The number of carbonyl (C=O) groups excluding carboxylic acids is 3. The molecule has 0 atom stereocenters. The predicted octanol–water partition coefficient (Wildman–Crippen LogP) is 2.62.